The topological polar surface area (TPSA) is 49.8 Å². The zero-order valence-corrected chi connectivity index (χ0v) is 14.9. The van der Waals surface area contributed by atoms with Crippen molar-refractivity contribution in [1.29, 1.82) is 0 Å². The molecule has 1 unspecified atom stereocenters. The summed E-state index contributed by atoms with van der Waals surface area (Å²) in [6.45, 7) is 1.33. The number of rotatable bonds is 9. The van der Waals surface area contributed by atoms with Crippen LogP contribution in [0.5, 0.6) is 5.75 Å². The fraction of sp³-hybridized carbons (Fsp3) is 0.350. The first-order valence-corrected chi connectivity index (χ1v) is 8.36. The van der Waals surface area contributed by atoms with Crippen LogP contribution < -0.4 is 4.74 Å². The minimum atomic E-state index is -2.89. The van der Waals surface area contributed by atoms with E-state index in [1.165, 1.54) is 24.3 Å². The van der Waals surface area contributed by atoms with Crippen molar-refractivity contribution in [2.24, 2.45) is 0 Å². The van der Waals surface area contributed by atoms with E-state index < -0.39 is 11.9 Å². The average Bonchev–Trinajstić information content (AvgIpc) is 2.58. The lowest BCUT2D eigenvalue weighted by Crippen LogP contribution is -2.28. The van der Waals surface area contributed by atoms with Crippen molar-refractivity contribution >= 4 is 5.97 Å². The van der Waals surface area contributed by atoms with Gasteiger partial charge in [-0.3, -0.25) is 9.69 Å². The van der Waals surface area contributed by atoms with Gasteiger partial charge in [-0.1, -0.05) is 30.3 Å². The maximum absolute atomic E-state index is 13.3. The first kappa shape index (κ1) is 19.8. The summed E-state index contributed by atoms with van der Waals surface area (Å²) in [5, 5.41) is 8.86. The maximum Gasteiger partial charge on any atom is 0.317 e. The zero-order chi connectivity index (χ0) is 19.2. The van der Waals surface area contributed by atoms with Crippen LogP contribution in [0.1, 0.15) is 30.6 Å². The Labute approximate surface area is 152 Å². The largest absolute Gasteiger partial charge is 0.486 e. The molecule has 4 nitrogen and oxygen atoms in total. The van der Waals surface area contributed by atoms with Crippen molar-refractivity contribution in [3.8, 4) is 5.75 Å². The Hall–Kier alpha value is -2.47. The van der Waals surface area contributed by atoms with Crippen LogP contribution in [0.2, 0.25) is 0 Å². The highest BCUT2D eigenvalue weighted by Gasteiger charge is 2.24. The number of halogens is 2. The summed E-state index contributed by atoms with van der Waals surface area (Å²) in [4.78, 5) is 12.5. The van der Waals surface area contributed by atoms with E-state index in [-0.39, 0.29) is 18.2 Å². The Kier molecular flexibility index (Phi) is 6.69. The van der Waals surface area contributed by atoms with Gasteiger partial charge in [0, 0.05) is 25.5 Å². The fourth-order valence-electron chi connectivity index (χ4n) is 2.60. The minimum Gasteiger partial charge on any atom is -0.486 e. The lowest BCUT2D eigenvalue weighted by Gasteiger charge is -2.23. The molecule has 0 aliphatic heterocycles. The predicted octanol–water partition coefficient (Wildman–Crippen LogP) is 4.32. The van der Waals surface area contributed by atoms with Crippen LogP contribution in [-0.4, -0.2) is 36.1 Å². The number of carboxylic acid groups (broad SMARTS) is 1. The number of benzene rings is 2. The molecule has 26 heavy (non-hydrogen) atoms. The third-order valence-electron chi connectivity index (χ3n) is 3.99. The summed E-state index contributed by atoms with van der Waals surface area (Å²) in [5.74, 6) is -3.29. The van der Waals surface area contributed by atoms with Gasteiger partial charge in [-0.25, -0.2) is 8.78 Å². The van der Waals surface area contributed by atoms with Gasteiger partial charge in [-0.2, -0.15) is 0 Å². The molecule has 0 heterocycles. The Morgan fingerprint density at radius 2 is 1.77 bits per heavy atom. The van der Waals surface area contributed by atoms with Crippen LogP contribution in [0.15, 0.2) is 54.6 Å². The van der Waals surface area contributed by atoms with Gasteiger partial charge in [0.2, 0.25) is 0 Å². The zero-order valence-electron chi connectivity index (χ0n) is 14.9. The first-order chi connectivity index (χ1) is 12.3. The third kappa shape index (κ3) is 6.11. The molecule has 1 atom stereocenters. The number of hydrogen-bond acceptors (Lipinski definition) is 3. The van der Waals surface area contributed by atoms with E-state index in [4.69, 9.17) is 9.84 Å². The monoisotopic (exact) mass is 363 g/mol. The lowest BCUT2D eigenvalue weighted by molar-refractivity contribution is -0.138. The van der Waals surface area contributed by atoms with Crippen molar-refractivity contribution < 1.29 is 23.4 Å². The molecule has 0 aromatic heterocycles. The van der Waals surface area contributed by atoms with Gasteiger partial charge in [-0.05, 0) is 36.9 Å². The molecule has 0 fully saturated rings. The molecule has 0 bridgehead atoms. The van der Waals surface area contributed by atoms with Crippen LogP contribution in [-0.2, 0) is 10.7 Å². The van der Waals surface area contributed by atoms with Crippen molar-refractivity contribution in [2.75, 3.05) is 20.1 Å². The standard InChI is InChI=1S/C20H23F2NO3/c1-20(21,22)16-8-10-17(11-9-16)26-18(15-6-4-3-5-7-15)12-13-23(2)14-19(24)25/h3-11,18H,12-14H2,1-2H3,(H,24,25). The molecule has 2 rings (SSSR count). The molecule has 0 radical (unpaired) electrons. The summed E-state index contributed by atoms with van der Waals surface area (Å²) in [5.41, 5.74) is 0.878. The summed E-state index contributed by atoms with van der Waals surface area (Å²) in [7, 11) is 1.73. The molecule has 140 valence electrons. The molecule has 0 amide bonds. The smallest absolute Gasteiger partial charge is 0.317 e. The van der Waals surface area contributed by atoms with E-state index in [1.807, 2.05) is 30.3 Å². The predicted molar refractivity (Wildman–Crippen MR) is 95.6 cm³/mol. The number of ether oxygens (including phenoxy) is 1. The van der Waals surface area contributed by atoms with Crippen LogP contribution >= 0.6 is 0 Å². The number of alkyl halides is 2. The molecule has 2 aromatic rings. The highest BCUT2D eigenvalue weighted by molar-refractivity contribution is 5.68. The van der Waals surface area contributed by atoms with Gasteiger partial charge < -0.3 is 9.84 Å². The minimum absolute atomic E-state index is 0.0538. The normalized spacial score (nSPS) is 12.8. The third-order valence-corrected chi connectivity index (χ3v) is 3.99. The summed E-state index contributed by atoms with van der Waals surface area (Å²) in [6.07, 6.45) is 0.264. The van der Waals surface area contributed by atoms with Gasteiger partial charge >= 0.3 is 5.97 Å². The van der Waals surface area contributed by atoms with Crippen LogP contribution in [0, 0.1) is 0 Å². The van der Waals surface area contributed by atoms with Gasteiger partial charge in [0.15, 0.2) is 0 Å². The molecule has 0 spiro atoms. The van der Waals surface area contributed by atoms with Crippen LogP contribution in [0.4, 0.5) is 8.78 Å². The average molecular weight is 363 g/mol. The van der Waals surface area contributed by atoms with E-state index in [0.717, 1.165) is 12.5 Å². The van der Waals surface area contributed by atoms with Gasteiger partial charge in [0.25, 0.3) is 5.92 Å². The summed E-state index contributed by atoms with van der Waals surface area (Å²) < 4.78 is 32.7. The summed E-state index contributed by atoms with van der Waals surface area (Å²) >= 11 is 0. The van der Waals surface area contributed by atoms with E-state index in [0.29, 0.717) is 18.7 Å². The Morgan fingerprint density at radius 3 is 2.31 bits per heavy atom. The van der Waals surface area contributed by atoms with E-state index in [9.17, 15) is 13.6 Å². The van der Waals surface area contributed by atoms with Crippen LogP contribution in [0.25, 0.3) is 0 Å². The SMILES string of the molecule is CN(CCC(Oc1ccc(C(C)(F)F)cc1)c1ccccc1)CC(=O)O. The molecular formula is C20H23F2NO3. The number of carboxylic acids is 1. The Morgan fingerprint density at radius 1 is 1.15 bits per heavy atom. The molecule has 0 aliphatic carbocycles. The van der Waals surface area contributed by atoms with Gasteiger partial charge in [0.05, 0.1) is 6.54 Å². The number of likely N-dealkylation sites (N-methyl/N-ethyl adjacent to an activating group) is 1. The lowest BCUT2D eigenvalue weighted by atomic mass is 10.1. The second kappa shape index (κ2) is 8.76. The van der Waals surface area contributed by atoms with Gasteiger partial charge in [-0.15, -0.1) is 0 Å². The summed E-state index contributed by atoms with van der Waals surface area (Å²) in [6, 6.07) is 15.3. The first-order valence-electron chi connectivity index (χ1n) is 8.36. The van der Waals surface area contributed by atoms with Crippen LogP contribution in [0.3, 0.4) is 0 Å². The van der Waals surface area contributed by atoms with Gasteiger partial charge in [0.1, 0.15) is 11.9 Å². The van der Waals surface area contributed by atoms with Crippen molar-refractivity contribution in [3.63, 3.8) is 0 Å². The quantitative estimate of drug-likeness (QED) is 0.721. The molecule has 6 heteroatoms. The Balaban J connectivity index is 2.10. The molecule has 0 saturated heterocycles. The molecule has 0 aliphatic rings. The molecule has 0 saturated carbocycles. The molecule has 2 aromatic carbocycles. The second-order valence-electron chi connectivity index (χ2n) is 6.35. The highest BCUT2D eigenvalue weighted by atomic mass is 19.3. The number of carbonyl (C=O) groups is 1. The highest BCUT2D eigenvalue weighted by Crippen LogP contribution is 2.30. The number of aliphatic carboxylic acids is 1. The fourth-order valence-corrected chi connectivity index (χ4v) is 2.60. The number of nitrogens with zero attached hydrogens (tertiary/aromatic N) is 1. The molecule has 1 N–H and O–H groups in total. The Bertz CT molecular complexity index is 699. The van der Waals surface area contributed by atoms with Crippen molar-refractivity contribution in [1.82, 2.24) is 4.90 Å². The van der Waals surface area contributed by atoms with Crippen molar-refractivity contribution in [3.05, 3.63) is 65.7 Å². The number of hydrogen-bond donors (Lipinski definition) is 1. The van der Waals surface area contributed by atoms with Crippen molar-refractivity contribution in [2.45, 2.75) is 25.4 Å². The second-order valence-corrected chi connectivity index (χ2v) is 6.35. The van der Waals surface area contributed by atoms with E-state index >= 15 is 0 Å². The maximum atomic E-state index is 13.3. The molecular weight excluding hydrogens is 340 g/mol. The van der Waals surface area contributed by atoms with E-state index in [2.05, 4.69) is 0 Å². The van der Waals surface area contributed by atoms with E-state index in [1.54, 1.807) is 11.9 Å².